The lowest BCUT2D eigenvalue weighted by atomic mass is 10.1. The van der Waals surface area contributed by atoms with Crippen molar-refractivity contribution in [1.82, 2.24) is 15.5 Å². The molecule has 2 rings (SSSR count). The molecular formula is C21H26ClN3O2. The SMILES string of the molecule is CCC(NC(=O)NCCC(=O)N(C)Cc1ccccc1)c1cccc(Cl)c1. The third-order valence-electron chi connectivity index (χ3n) is 4.28. The molecule has 0 aliphatic carbocycles. The number of amides is 3. The molecule has 0 radical (unpaired) electrons. The number of nitrogens with one attached hydrogen (secondary N) is 2. The summed E-state index contributed by atoms with van der Waals surface area (Å²) in [4.78, 5) is 26.0. The molecule has 0 saturated heterocycles. The lowest BCUT2D eigenvalue weighted by molar-refractivity contribution is -0.130. The molecule has 3 amide bonds. The number of carbonyl (C=O) groups excluding carboxylic acids is 2. The number of benzene rings is 2. The van der Waals surface area contributed by atoms with E-state index in [-0.39, 0.29) is 30.9 Å². The van der Waals surface area contributed by atoms with Crippen LogP contribution in [0.4, 0.5) is 4.79 Å². The molecule has 1 atom stereocenters. The van der Waals surface area contributed by atoms with Gasteiger partial charge in [-0.1, -0.05) is 61.0 Å². The van der Waals surface area contributed by atoms with Crippen molar-refractivity contribution in [3.8, 4) is 0 Å². The van der Waals surface area contributed by atoms with Gasteiger partial charge in [-0.3, -0.25) is 4.79 Å². The Kier molecular flexibility index (Phi) is 8.14. The fourth-order valence-corrected chi connectivity index (χ4v) is 2.97. The van der Waals surface area contributed by atoms with Gasteiger partial charge in [0.25, 0.3) is 0 Å². The van der Waals surface area contributed by atoms with Gasteiger partial charge in [0.1, 0.15) is 0 Å². The highest BCUT2D eigenvalue weighted by Crippen LogP contribution is 2.20. The highest BCUT2D eigenvalue weighted by molar-refractivity contribution is 6.30. The first-order valence-corrected chi connectivity index (χ1v) is 9.45. The number of hydrogen-bond acceptors (Lipinski definition) is 2. The molecule has 27 heavy (non-hydrogen) atoms. The van der Waals surface area contributed by atoms with E-state index in [4.69, 9.17) is 11.6 Å². The maximum Gasteiger partial charge on any atom is 0.315 e. The zero-order chi connectivity index (χ0) is 19.6. The quantitative estimate of drug-likeness (QED) is 0.715. The second-order valence-electron chi connectivity index (χ2n) is 6.40. The molecule has 6 heteroatoms. The van der Waals surface area contributed by atoms with Crippen molar-refractivity contribution in [3.05, 3.63) is 70.7 Å². The van der Waals surface area contributed by atoms with Gasteiger partial charge in [-0.25, -0.2) is 4.79 Å². The monoisotopic (exact) mass is 387 g/mol. The molecule has 5 nitrogen and oxygen atoms in total. The third-order valence-corrected chi connectivity index (χ3v) is 4.51. The molecule has 2 aromatic carbocycles. The van der Waals surface area contributed by atoms with Crippen molar-refractivity contribution in [2.45, 2.75) is 32.4 Å². The Bertz CT molecular complexity index is 752. The third kappa shape index (κ3) is 6.94. The van der Waals surface area contributed by atoms with Crippen LogP contribution < -0.4 is 10.6 Å². The Morgan fingerprint density at radius 1 is 1.11 bits per heavy atom. The van der Waals surface area contributed by atoms with E-state index in [1.54, 1.807) is 18.0 Å². The number of halogens is 1. The highest BCUT2D eigenvalue weighted by atomic mass is 35.5. The molecule has 1 unspecified atom stereocenters. The molecule has 0 spiro atoms. The van der Waals surface area contributed by atoms with Crippen LogP contribution >= 0.6 is 11.6 Å². The first kappa shape index (κ1) is 20.8. The van der Waals surface area contributed by atoms with Crippen molar-refractivity contribution in [2.75, 3.05) is 13.6 Å². The van der Waals surface area contributed by atoms with Crippen LogP contribution in [-0.4, -0.2) is 30.4 Å². The standard InChI is InChI=1S/C21H26ClN3O2/c1-3-19(17-10-7-11-18(22)14-17)24-21(27)23-13-12-20(26)25(2)15-16-8-5-4-6-9-16/h4-11,14,19H,3,12-13,15H2,1-2H3,(H2,23,24,27). The van der Waals surface area contributed by atoms with Crippen molar-refractivity contribution in [2.24, 2.45) is 0 Å². The van der Waals surface area contributed by atoms with Gasteiger partial charge in [0.2, 0.25) is 5.91 Å². The molecule has 0 heterocycles. The van der Waals surface area contributed by atoms with Gasteiger partial charge < -0.3 is 15.5 Å². The van der Waals surface area contributed by atoms with Gasteiger partial charge in [-0.15, -0.1) is 0 Å². The van der Waals surface area contributed by atoms with Crippen molar-refractivity contribution in [1.29, 1.82) is 0 Å². The van der Waals surface area contributed by atoms with Crippen LogP contribution in [0, 0.1) is 0 Å². The Morgan fingerprint density at radius 3 is 2.52 bits per heavy atom. The fraction of sp³-hybridized carbons (Fsp3) is 0.333. The smallest absolute Gasteiger partial charge is 0.315 e. The van der Waals surface area contributed by atoms with Crippen LogP contribution in [0.2, 0.25) is 5.02 Å². The topological polar surface area (TPSA) is 61.4 Å². The number of nitrogens with zero attached hydrogens (tertiary/aromatic N) is 1. The highest BCUT2D eigenvalue weighted by Gasteiger charge is 2.14. The minimum atomic E-state index is -0.291. The summed E-state index contributed by atoms with van der Waals surface area (Å²) in [7, 11) is 1.77. The molecular weight excluding hydrogens is 362 g/mol. The molecule has 144 valence electrons. The largest absolute Gasteiger partial charge is 0.341 e. The Morgan fingerprint density at radius 2 is 1.85 bits per heavy atom. The van der Waals surface area contributed by atoms with E-state index in [1.165, 1.54) is 0 Å². The van der Waals surface area contributed by atoms with Gasteiger partial charge in [-0.2, -0.15) is 0 Å². The molecule has 0 fully saturated rings. The van der Waals surface area contributed by atoms with Gasteiger partial charge >= 0.3 is 6.03 Å². The van der Waals surface area contributed by atoms with Crippen LogP contribution in [0.15, 0.2) is 54.6 Å². The predicted molar refractivity (Wildman–Crippen MR) is 109 cm³/mol. The summed E-state index contributed by atoms with van der Waals surface area (Å²) < 4.78 is 0. The molecule has 0 aliphatic heterocycles. The van der Waals surface area contributed by atoms with Crippen LogP contribution in [0.3, 0.4) is 0 Å². The first-order chi connectivity index (χ1) is 13.0. The maximum absolute atomic E-state index is 12.2. The maximum atomic E-state index is 12.2. The normalized spacial score (nSPS) is 11.5. The van der Waals surface area contributed by atoms with Crippen LogP contribution in [0.25, 0.3) is 0 Å². The lowest BCUT2D eigenvalue weighted by Crippen LogP contribution is -2.39. The van der Waals surface area contributed by atoms with Gasteiger partial charge in [0, 0.05) is 31.6 Å². The second kappa shape index (κ2) is 10.6. The number of hydrogen-bond donors (Lipinski definition) is 2. The van der Waals surface area contributed by atoms with E-state index in [2.05, 4.69) is 10.6 Å². The Hall–Kier alpha value is -2.53. The zero-order valence-corrected chi connectivity index (χ0v) is 16.5. The van der Waals surface area contributed by atoms with Gasteiger partial charge in [0.05, 0.1) is 6.04 Å². The lowest BCUT2D eigenvalue weighted by Gasteiger charge is -2.19. The molecule has 2 N–H and O–H groups in total. The van der Waals surface area contributed by atoms with Crippen molar-refractivity contribution >= 4 is 23.5 Å². The van der Waals surface area contributed by atoms with Crippen LogP contribution in [0.5, 0.6) is 0 Å². The predicted octanol–water partition coefficient (Wildman–Crippen LogP) is 4.14. The average Bonchev–Trinajstić information content (AvgIpc) is 2.66. The summed E-state index contributed by atoms with van der Waals surface area (Å²) >= 11 is 6.02. The summed E-state index contributed by atoms with van der Waals surface area (Å²) in [5.41, 5.74) is 2.03. The van der Waals surface area contributed by atoms with E-state index in [0.717, 1.165) is 17.5 Å². The minimum absolute atomic E-state index is 0.0129. The number of rotatable bonds is 8. The summed E-state index contributed by atoms with van der Waals surface area (Å²) in [5, 5.41) is 6.31. The molecule has 0 bridgehead atoms. The van der Waals surface area contributed by atoms with E-state index in [0.29, 0.717) is 11.6 Å². The summed E-state index contributed by atoms with van der Waals surface area (Å²) in [5.74, 6) is -0.0129. The Balaban J connectivity index is 1.75. The minimum Gasteiger partial charge on any atom is -0.341 e. The first-order valence-electron chi connectivity index (χ1n) is 9.07. The fourth-order valence-electron chi connectivity index (χ4n) is 2.77. The van der Waals surface area contributed by atoms with Gasteiger partial charge in [-0.05, 0) is 29.7 Å². The van der Waals surface area contributed by atoms with E-state index < -0.39 is 0 Å². The number of urea groups is 1. The molecule has 0 aliphatic rings. The summed E-state index contributed by atoms with van der Waals surface area (Å²) in [6.07, 6.45) is 0.997. The van der Waals surface area contributed by atoms with E-state index in [9.17, 15) is 9.59 Å². The molecule has 0 saturated carbocycles. The van der Waals surface area contributed by atoms with Crippen LogP contribution in [-0.2, 0) is 11.3 Å². The number of carbonyl (C=O) groups is 2. The summed E-state index contributed by atoms with van der Waals surface area (Å²) in [6.45, 7) is 2.84. The average molecular weight is 388 g/mol. The summed E-state index contributed by atoms with van der Waals surface area (Å²) in [6, 6.07) is 16.8. The Labute approximate surface area is 165 Å². The van der Waals surface area contributed by atoms with E-state index in [1.807, 2.05) is 55.5 Å². The van der Waals surface area contributed by atoms with Crippen LogP contribution in [0.1, 0.15) is 36.9 Å². The van der Waals surface area contributed by atoms with Crippen molar-refractivity contribution < 1.29 is 9.59 Å². The van der Waals surface area contributed by atoms with E-state index >= 15 is 0 Å². The van der Waals surface area contributed by atoms with Crippen molar-refractivity contribution in [3.63, 3.8) is 0 Å². The molecule has 0 aromatic heterocycles. The second-order valence-corrected chi connectivity index (χ2v) is 6.84. The van der Waals surface area contributed by atoms with Gasteiger partial charge in [0.15, 0.2) is 0 Å². The molecule has 2 aromatic rings. The zero-order valence-electron chi connectivity index (χ0n) is 15.7.